The van der Waals surface area contributed by atoms with Crippen molar-refractivity contribution in [1.29, 1.82) is 0 Å². The summed E-state index contributed by atoms with van der Waals surface area (Å²) in [4.78, 5) is 25.8. The van der Waals surface area contributed by atoms with Crippen LogP contribution in [0.15, 0.2) is 65.4 Å². The van der Waals surface area contributed by atoms with Crippen molar-refractivity contribution in [2.45, 2.75) is 44.6 Å². The third-order valence-electron chi connectivity index (χ3n) is 7.27. The van der Waals surface area contributed by atoms with E-state index in [4.69, 9.17) is 4.74 Å². The number of nitrogens with one attached hydrogen (secondary N) is 1. The number of allylic oxidation sites excluding steroid dienone is 4. The maximum atomic E-state index is 14.7. The Morgan fingerprint density at radius 3 is 2.53 bits per heavy atom. The largest absolute Gasteiger partial charge is 0.481 e. The van der Waals surface area contributed by atoms with E-state index in [1.807, 2.05) is 66.2 Å². The van der Waals surface area contributed by atoms with Crippen LogP contribution in [-0.2, 0) is 14.9 Å². The molecule has 5 nitrogen and oxygen atoms in total. The first kappa shape index (κ1) is 24.5. The molecule has 0 radical (unpaired) electrons. The van der Waals surface area contributed by atoms with Gasteiger partial charge in [0.15, 0.2) is 5.13 Å². The highest BCUT2D eigenvalue weighted by Crippen LogP contribution is 2.65. The molecule has 186 valence electrons. The number of anilines is 1. The van der Waals surface area contributed by atoms with E-state index in [0.29, 0.717) is 24.1 Å². The maximum absolute atomic E-state index is 14.7. The molecule has 1 unspecified atom stereocenters. The van der Waals surface area contributed by atoms with Crippen LogP contribution in [0.4, 0.5) is 14.9 Å². The van der Waals surface area contributed by atoms with Crippen LogP contribution in [0.3, 0.4) is 0 Å². The minimum Gasteiger partial charge on any atom is -0.481 e. The normalized spacial score (nSPS) is 20.9. The van der Waals surface area contributed by atoms with Crippen molar-refractivity contribution >= 4 is 46.0 Å². The van der Waals surface area contributed by atoms with E-state index in [2.05, 4.69) is 5.32 Å². The predicted molar refractivity (Wildman–Crippen MR) is 141 cm³/mol. The van der Waals surface area contributed by atoms with Gasteiger partial charge in [0.05, 0.1) is 11.1 Å². The second-order valence-electron chi connectivity index (χ2n) is 9.40. The molecular weight excluding hydrogens is 497 g/mol. The molecule has 1 amide bonds. The molecular formula is C28H26FNO4S2. The van der Waals surface area contributed by atoms with E-state index in [0.717, 1.165) is 33.6 Å². The highest BCUT2D eigenvalue weighted by Gasteiger charge is 2.65. The van der Waals surface area contributed by atoms with Crippen molar-refractivity contribution in [2.75, 3.05) is 5.32 Å². The van der Waals surface area contributed by atoms with Gasteiger partial charge in [0, 0.05) is 21.9 Å². The molecule has 5 rings (SSSR count). The summed E-state index contributed by atoms with van der Waals surface area (Å²) in [6.07, 6.45) is 6.00. The Labute approximate surface area is 216 Å². The van der Waals surface area contributed by atoms with Crippen LogP contribution in [0.5, 0.6) is 0 Å². The lowest BCUT2D eigenvalue weighted by molar-refractivity contribution is -0.145. The lowest BCUT2D eigenvalue weighted by Crippen LogP contribution is -2.41. The van der Waals surface area contributed by atoms with Crippen LogP contribution in [0.2, 0.25) is 0 Å². The van der Waals surface area contributed by atoms with E-state index < -0.39 is 34.1 Å². The van der Waals surface area contributed by atoms with E-state index in [1.165, 1.54) is 17.4 Å². The van der Waals surface area contributed by atoms with Crippen LogP contribution in [0.1, 0.15) is 53.9 Å². The molecule has 1 fully saturated rings. The summed E-state index contributed by atoms with van der Waals surface area (Å²) >= 11 is 2.42. The van der Waals surface area contributed by atoms with E-state index in [9.17, 15) is 19.1 Å². The summed E-state index contributed by atoms with van der Waals surface area (Å²) in [6.45, 7) is 3.74. The molecule has 2 aromatic heterocycles. The first-order valence-electron chi connectivity index (χ1n) is 11.7. The molecule has 2 aliphatic rings. The van der Waals surface area contributed by atoms with Crippen molar-refractivity contribution in [3.8, 4) is 0 Å². The number of carboxylic acid groups (broad SMARTS) is 1. The van der Waals surface area contributed by atoms with Gasteiger partial charge >= 0.3 is 12.1 Å². The summed E-state index contributed by atoms with van der Waals surface area (Å²) in [5.74, 6) is -0.910. The van der Waals surface area contributed by atoms with Crippen molar-refractivity contribution in [1.82, 2.24) is 0 Å². The second kappa shape index (κ2) is 9.33. The van der Waals surface area contributed by atoms with Crippen LogP contribution < -0.4 is 5.32 Å². The fourth-order valence-electron chi connectivity index (χ4n) is 5.14. The Morgan fingerprint density at radius 2 is 1.94 bits per heavy atom. The van der Waals surface area contributed by atoms with E-state index in [-0.39, 0.29) is 5.69 Å². The molecule has 1 saturated carbocycles. The molecule has 2 aliphatic carbocycles. The molecule has 0 spiro atoms. The lowest BCUT2D eigenvalue weighted by Gasteiger charge is -2.38. The standard InChI is InChI=1S/C28H26FNO4S2/c1-17-15-35-16-21(17)18(2)34-26(33)30-22-14-23(29)36-24(22)27(28(12-13-28)25(31)32)10-8-20(9-11-27)19-6-4-3-5-7-19/h3-10,14-16,18H,11-13H2,1-2H3,(H,30,33)(H,31,32)/t18?,27-/m1/s1. The Bertz CT molecular complexity index is 1370. The van der Waals surface area contributed by atoms with Gasteiger partial charge in [-0.25, -0.2) is 4.79 Å². The minimum atomic E-state index is -1.05. The Balaban J connectivity index is 1.47. The number of carboxylic acids is 1. The molecule has 2 atom stereocenters. The van der Waals surface area contributed by atoms with Crippen LogP contribution in [0, 0.1) is 17.5 Å². The first-order chi connectivity index (χ1) is 17.3. The molecule has 2 heterocycles. The van der Waals surface area contributed by atoms with Gasteiger partial charge in [0.25, 0.3) is 0 Å². The summed E-state index contributed by atoms with van der Waals surface area (Å²) in [5, 5.41) is 16.4. The van der Waals surface area contributed by atoms with Crippen LogP contribution >= 0.6 is 22.7 Å². The molecule has 36 heavy (non-hydrogen) atoms. The number of halogens is 1. The molecule has 1 aromatic carbocycles. The van der Waals surface area contributed by atoms with Gasteiger partial charge in [-0.15, -0.1) is 11.3 Å². The zero-order chi connectivity index (χ0) is 25.5. The summed E-state index contributed by atoms with van der Waals surface area (Å²) < 4.78 is 20.3. The fraction of sp³-hybridized carbons (Fsp3) is 0.286. The van der Waals surface area contributed by atoms with Gasteiger partial charge in [-0.05, 0) is 60.6 Å². The molecule has 0 aliphatic heterocycles. The monoisotopic (exact) mass is 523 g/mol. The van der Waals surface area contributed by atoms with Gasteiger partial charge in [-0.1, -0.05) is 48.6 Å². The Hall–Kier alpha value is -3.23. The number of hydrogen-bond acceptors (Lipinski definition) is 5. The summed E-state index contributed by atoms with van der Waals surface area (Å²) in [5.41, 5.74) is 2.18. The lowest BCUT2D eigenvalue weighted by atomic mass is 9.66. The first-order valence-corrected chi connectivity index (χ1v) is 13.5. The van der Waals surface area contributed by atoms with Gasteiger partial charge in [0.2, 0.25) is 0 Å². The summed E-state index contributed by atoms with van der Waals surface area (Å²) in [7, 11) is 0. The zero-order valence-corrected chi connectivity index (χ0v) is 21.5. The van der Waals surface area contributed by atoms with E-state index >= 15 is 0 Å². The predicted octanol–water partition coefficient (Wildman–Crippen LogP) is 7.71. The number of hydrogen-bond donors (Lipinski definition) is 2. The highest BCUT2D eigenvalue weighted by molar-refractivity contribution is 7.11. The summed E-state index contributed by atoms with van der Waals surface area (Å²) in [6, 6.07) is 11.1. The van der Waals surface area contributed by atoms with Crippen molar-refractivity contribution in [2.24, 2.45) is 5.41 Å². The Morgan fingerprint density at radius 1 is 1.19 bits per heavy atom. The topological polar surface area (TPSA) is 75.6 Å². The Kier molecular flexibility index (Phi) is 6.34. The fourth-order valence-corrected chi connectivity index (χ4v) is 7.19. The second-order valence-corrected chi connectivity index (χ2v) is 11.1. The number of thiophene rings is 2. The molecule has 2 N–H and O–H groups in total. The quantitative estimate of drug-likeness (QED) is 0.333. The SMILES string of the molecule is Cc1cscc1C(C)OC(=O)Nc1cc(F)sc1[C@@]1(C2(C(=O)O)CC2)C=CC(c2ccccc2)=CC1. The number of benzene rings is 1. The number of aliphatic carboxylic acids is 1. The van der Waals surface area contributed by atoms with Crippen LogP contribution in [-0.4, -0.2) is 17.2 Å². The van der Waals surface area contributed by atoms with Gasteiger partial charge in [-0.2, -0.15) is 15.7 Å². The van der Waals surface area contributed by atoms with E-state index in [1.54, 1.807) is 6.92 Å². The third-order valence-corrected chi connectivity index (χ3v) is 9.25. The number of rotatable bonds is 7. The van der Waals surface area contributed by atoms with Gasteiger partial charge < -0.3 is 9.84 Å². The van der Waals surface area contributed by atoms with Gasteiger partial charge in [-0.3, -0.25) is 10.1 Å². The third kappa shape index (κ3) is 4.18. The number of amides is 1. The molecule has 0 saturated heterocycles. The van der Waals surface area contributed by atoms with Crippen molar-refractivity contribution < 1.29 is 23.8 Å². The number of carbonyl (C=O) groups is 2. The molecule has 0 bridgehead atoms. The molecule has 8 heteroatoms. The molecule has 3 aromatic rings. The number of ether oxygens (including phenoxy) is 1. The highest BCUT2D eigenvalue weighted by atomic mass is 32.1. The van der Waals surface area contributed by atoms with Crippen molar-refractivity contribution in [3.63, 3.8) is 0 Å². The average molecular weight is 524 g/mol. The smallest absolute Gasteiger partial charge is 0.412 e. The van der Waals surface area contributed by atoms with Gasteiger partial charge in [0.1, 0.15) is 6.10 Å². The average Bonchev–Trinajstić information content (AvgIpc) is 3.46. The maximum Gasteiger partial charge on any atom is 0.412 e. The van der Waals surface area contributed by atoms with Crippen LogP contribution in [0.25, 0.3) is 5.57 Å². The number of carbonyl (C=O) groups excluding carboxylic acids is 1. The van der Waals surface area contributed by atoms with Crippen molar-refractivity contribution in [3.05, 3.63) is 92.1 Å². The number of aryl methyl sites for hydroxylation is 1. The zero-order valence-electron chi connectivity index (χ0n) is 19.9. The minimum absolute atomic E-state index is 0.255.